The number of hydrogen-bond acceptors (Lipinski definition) is 4. The van der Waals surface area contributed by atoms with Crippen molar-refractivity contribution in [2.45, 2.75) is 6.92 Å². The number of carbonyl (C=O) groups is 2. The molecule has 0 fully saturated rings. The molecule has 0 saturated heterocycles. The number of methoxy groups -OCH3 is 1. The molecule has 1 aromatic rings. The Labute approximate surface area is 98.1 Å². The summed E-state index contributed by atoms with van der Waals surface area (Å²) in [6.45, 7) is 0.794. The van der Waals surface area contributed by atoms with Crippen LogP contribution in [0.2, 0.25) is 0 Å². The first-order chi connectivity index (χ1) is 8.31. The predicted octanol–water partition coefficient (Wildman–Crippen LogP) is 1.63. The third-order valence-electron chi connectivity index (χ3n) is 1.99. The van der Waals surface area contributed by atoms with E-state index >= 15 is 0 Å². The van der Waals surface area contributed by atoms with Crippen molar-refractivity contribution in [2.24, 2.45) is 0 Å². The molecule has 4 nitrogen and oxygen atoms in total. The summed E-state index contributed by atoms with van der Waals surface area (Å²) in [4.78, 5) is 21.5. The molecule has 0 aliphatic carbocycles. The average molecular weight is 266 g/mol. The van der Waals surface area contributed by atoms with E-state index in [1.54, 1.807) is 0 Å². The smallest absolute Gasteiger partial charge is 0.423 e. The molecule has 0 N–H and O–H groups in total. The van der Waals surface area contributed by atoms with Gasteiger partial charge in [-0.05, 0) is 6.92 Å². The Balaban J connectivity index is 3.26. The second-order valence-corrected chi connectivity index (χ2v) is 3.09. The lowest BCUT2D eigenvalue weighted by atomic mass is 10.2. The zero-order valence-corrected chi connectivity index (χ0v) is 9.14. The summed E-state index contributed by atoms with van der Waals surface area (Å²) < 4.78 is 60.4. The fraction of sp³-hybridized carbons (Fsp3) is 0.200. The number of halogens is 4. The molecule has 18 heavy (non-hydrogen) atoms. The SMILES string of the molecule is COC(=O)C(=O)Oc1c(F)c(F)c(C)c(F)c1F. The van der Waals surface area contributed by atoms with Gasteiger partial charge >= 0.3 is 11.9 Å². The van der Waals surface area contributed by atoms with Gasteiger partial charge in [-0.25, -0.2) is 18.4 Å². The number of rotatable bonds is 1. The van der Waals surface area contributed by atoms with Crippen LogP contribution in [0.3, 0.4) is 0 Å². The molecule has 0 amide bonds. The first-order valence-corrected chi connectivity index (χ1v) is 4.43. The van der Waals surface area contributed by atoms with Crippen molar-refractivity contribution in [3.63, 3.8) is 0 Å². The third-order valence-corrected chi connectivity index (χ3v) is 1.99. The zero-order chi connectivity index (χ0) is 14.0. The van der Waals surface area contributed by atoms with E-state index in [0.29, 0.717) is 0 Å². The van der Waals surface area contributed by atoms with E-state index in [9.17, 15) is 27.2 Å². The first-order valence-electron chi connectivity index (χ1n) is 4.43. The molecule has 0 atom stereocenters. The maximum absolute atomic E-state index is 13.2. The molecule has 1 rings (SSSR count). The topological polar surface area (TPSA) is 52.6 Å². The van der Waals surface area contributed by atoms with Crippen LogP contribution < -0.4 is 4.74 Å². The Kier molecular flexibility index (Phi) is 3.89. The second kappa shape index (κ2) is 5.03. The van der Waals surface area contributed by atoms with Crippen molar-refractivity contribution in [1.29, 1.82) is 0 Å². The van der Waals surface area contributed by atoms with E-state index in [1.165, 1.54) is 0 Å². The molecular weight excluding hydrogens is 260 g/mol. The lowest BCUT2D eigenvalue weighted by Gasteiger charge is -2.08. The Bertz CT molecular complexity index is 498. The number of carbonyl (C=O) groups excluding carboxylic acids is 2. The molecule has 8 heteroatoms. The number of ether oxygens (including phenoxy) is 2. The van der Waals surface area contributed by atoms with Crippen LogP contribution in [0.5, 0.6) is 5.75 Å². The highest BCUT2D eigenvalue weighted by Gasteiger charge is 2.28. The summed E-state index contributed by atoms with van der Waals surface area (Å²) in [5.74, 6) is -12.3. The zero-order valence-electron chi connectivity index (χ0n) is 9.14. The van der Waals surface area contributed by atoms with Gasteiger partial charge in [-0.1, -0.05) is 0 Å². The van der Waals surface area contributed by atoms with Gasteiger partial charge < -0.3 is 9.47 Å². The van der Waals surface area contributed by atoms with Crippen molar-refractivity contribution in [3.05, 3.63) is 28.8 Å². The van der Waals surface area contributed by atoms with Crippen LogP contribution >= 0.6 is 0 Å². The summed E-state index contributed by atoms with van der Waals surface area (Å²) in [5, 5.41) is 0. The van der Waals surface area contributed by atoms with Crippen molar-refractivity contribution in [1.82, 2.24) is 0 Å². The summed E-state index contributed by atoms with van der Waals surface area (Å²) in [6, 6.07) is 0. The monoisotopic (exact) mass is 266 g/mol. The van der Waals surface area contributed by atoms with Crippen LogP contribution in [0.25, 0.3) is 0 Å². The van der Waals surface area contributed by atoms with Crippen LogP contribution in [-0.4, -0.2) is 19.0 Å². The van der Waals surface area contributed by atoms with E-state index in [1.807, 2.05) is 0 Å². The Morgan fingerprint density at radius 1 is 0.889 bits per heavy atom. The molecular formula is C10H6F4O4. The summed E-state index contributed by atoms with van der Waals surface area (Å²) >= 11 is 0. The molecule has 0 aliphatic heterocycles. The summed E-state index contributed by atoms with van der Waals surface area (Å²) in [5.41, 5.74) is -0.914. The van der Waals surface area contributed by atoms with E-state index in [2.05, 4.69) is 9.47 Å². The normalized spacial score (nSPS) is 10.1. The molecule has 0 spiro atoms. The van der Waals surface area contributed by atoms with Crippen molar-refractivity contribution < 1.29 is 36.6 Å². The van der Waals surface area contributed by atoms with Gasteiger partial charge in [-0.3, -0.25) is 0 Å². The predicted molar refractivity (Wildman–Crippen MR) is 48.7 cm³/mol. The Hall–Kier alpha value is -2.12. The lowest BCUT2D eigenvalue weighted by molar-refractivity contribution is -0.160. The number of benzene rings is 1. The van der Waals surface area contributed by atoms with Gasteiger partial charge in [0.2, 0.25) is 17.4 Å². The van der Waals surface area contributed by atoms with E-state index in [0.717, 1.165) is 14.0 Å². The van der Waals surface area contributed by atoms with Crippen molar-refractivity contribution in [3.8, 4) is 5.75 Å². The maximum Gasteiger partial charge on any atom is 0.423 e. The van der Waals surface area contributed by atoms with Gasteiger partial charge in [0.05, 0.1) is 7.11 Å². The fourth-order valence-electron chi connectivity index (χ4n) is 1.03. The highest BCUT2D eigenvalue weighted by Crippen LogP contribution is 2.29. The lowest BCUT2D eigenvalue weighted by Crippen LogP contribution is -2.23. The second-order valence-electron chi connectivity index (χ2n) is 3.09. The van der Waals surface area contributed by atoms with Gasteiger partial charge in [0.15, 0.2) is 11.6 Å². The molecule has 0 heterocycles. The minimum Gasteiger partial charge on any atom is -0.461 e. The van der Waals surface area contributed by atoms with E-state index in [4.69, 9.17) is 0 Å². The molecule has 1 aromatic carbocycles. The molecule has 0 aliphatic rings. The van der Waals surface area contributed by atoms with Crippen LogP contribution in [-0.2, 0) is 14.3 Å². The van der Waals surface area contributed by atoms with E-state index in [-0.39, 0.29) is 0 Å². The van der Waals surface area contributed by atoms with Gasteiger partial charge in [0.25, 0.3) is 0 Å². The van der Waals surface area contributed by atoms with Gasteiger partial charge in [-0.15, -0.1) is 0 Å². The van der Waals surface area contributed by atoms with Crippen LogP contribution in [0.1, 0.15) is 5.56 Å². The first kappa shape index (κ1) is 13.9. The summed E-state index contributed by atoms with van der Waals surface area (Å²) in [7, 11) is 0.812. The van der Waals surface area contributed by atoms with Gasteiger partial charge in [0.1, 0.15) is 0 Å². The van der Waals surface area contributed by atoms with Gasteiger partial charge in [-0.2, -0.15) is 8.78 Å². The Morgan fingerprint density at radius 3 is 1.72 bits per heavy atom. The van der Waals surface area contributed by atoms with E-state index < -0.39 is 46.5 Å². The molecule has 0 aromatic heterocycles. The molecule has 0 unspecified atom stereocenters. The van der Waals surface area contributed by atoms with Crippen LogP contribution in [0.15, 0.2) is 0 Å². The fourth-order valence-corrected chi connectivity index (χ4v) is 1.03. The molecule has 0 radical (unpaired) electrons. The highest BCUT2D eigenvalue weighted by molar-refractivity contribution is 6.30. The van der Waals surface area contributed by atoms with Crippen LogP contribution in [0, 0.1) is 30.2 Å². The molecule has 0 bridgehead atoms. The van der Waals surface area contributed by atoms with Crippen molar-refractivity contribution in [2.75, 3.05) is 7.11 Å². The third kappa shape index (κ3) is 2.27. The van der Waals surface area contributed by atoms with Crippen molar-refractivity contribution >= 4 is 11.9 Å². The maximum atomic E-state index is 13.2. The Morgan fingerprint density at radius 2 is 1.33 bits per heavy atom. The minimum absolute atomic E-state index is 0.794. The minimum atomic E-state index is -1.91. The highest BCUT2D eigenvalue weighted by atomic mass is 19.2. The average Bonchev–Trinajstić information content (AvgIpc) is 2.37. The quantitative estimate of drug-likeness (QED) is 0.255. The number of esters is 2. The number of hydrogen-bond donors (Lipinski definition) is 0. The van der Waals surface area contributed by atoms with Gasteiger partial charge in [0, 0.05) is 5.56 Å². The standard InChI is InChI=1S/C10H6F4O4/c1-3-4(11)6(13)8(7(14)5(3)12)18-10(16)9(15)17-2/h1-2H3. The molecule has 98 valence electrons. The largest absolute Gasteiger partial charge is 0.461 e. The summed E-state index contributed by atoms with van der Waals surface area (Å²) in [6.07, 6.45) is 0. The van der Waals surface area contributed by atoms with Crippen LogP contribution in [0.4, 0.5) is 17.6 Å². The molecule has 0 saturated carbocycles.